The van der Waals surface area contributed by atoms with Gasteiger partial charge in [0.05, 0.1) is 24.9 Å². The molecule has 0 aliphatic carbocycles. The lowest BCUT2D eigenvalue weighted by Crippen LogP contribution is -2.45. The Hall–Kier alpha value is -3.78. The normalized spacial score (nSPS) is 20.1. The fourth-order valence-corrected chi connectivity index (χ4v) is 3.23. The van der Waals surface area contributed by atoms with E-state index in [2.05, 4.69) is 14.2 Å². The van der Waals surface area contributed by atoms with Crippen molar-refractivity contribution >= 4 is 30.0 Å². The largest absolute Gasteiger partial charge is 0.447 e. The van der Waals surface area contributed by atoms with E-state index >= 15 is 0 Å². The summed E-state index contributed by atoms with van der Waals surface area (Å²) in [4.78, 5) is 60.8. The Morgan fingerprint density at radius 3 is 1.79 bits per heavy atom. The highest BCUT2D eigenvalue weighted by atomic mass is 19.2. The predicted octanol–water partition coefficient (Wildman–Crippen LogP) is 1.78. The fraction of sp³-hybridized carbons (Fsp3) is 0.389. The maximum Gasteiger partial charge on any atom is 0.416 e. The van der Waals surface area contributed by atoms with Crippen molar-refractivity contribution < 1.29 is 60.1 Å². The second-order valence-corrected chi connectivity index (χ2v) is 6.90. The minimum absolute atomic E-state index is 0.333. The fourth-order valence-electron chi connectivity index (χ4n) is 3.23. The molecule has 1 aromatic carbocycles. The van der Waals surface area contributed by atoms with E-state index in [9.17, 15) is 45.9 Å². The summed E-state index contributed by atoms with van der Waals surface area (Å²) < 4.78 is 80.6. The van der Waals surface area contributed by atoms with Crippen LogP contribution < -0.4 is 4.74 Å². The van der Waals surface area contributed by atoms with Crippen LogP contribution in [0.3, 0.4) is 0 Å². The number of esters is 1. The van der Waals surface area contributed by atoms with Crippen LogP contribution in [0.15, 0.2) is 0 Å². The number of amides is 4. The summed E-state index contributed by atoms with van der Waals surface area (Å²) in [6.45, 7) is 0.166. The molecule has 3 rings (SSSR count). The summed E-state index contributed by atoms with van der Waals surface area (Å²) in [5, 5.41) is 0. The van der Waals surface area contributed by atoms with E-state index in [0.717, 1.165) is 6.92 Å². The third-order valence-corrected chi connectivity index (χ3v) is 4.73. The molecule has 0 aromatic heterocycles. The van der Waals surface area contributed by atoms with Crippen LogP contribution >= 0.6 is 0 Å². The molecule has 2 fully saturated rings. The lowest BCUT2D eigenvalue weighted by molar-refractivity contribution is -0.137. The van der Waals surface area contributed by atoms with Crippen molar-refractivity contribution in [2.75, 3.05) is 13.2 Å². The molecule has 2 atom stereocenters. The molecule has 2 aliphatic heterocycles. The van der Waals surface area contributed by atoms with Crippen molar-refractivity contribution in [3.8, 4) is 5.75 Å². The molecular weight excluding hydrogens is 467 g/mol. The van der Waals surface area contributed by atoms with Crippen molar-refractivity contribution in [3.05, 3.63) is 29.1 Å². The van der Waals surface area contributed by atoms with Gasteiger partial charge in [-0.2, -0.15) is 8.78 Å². The summed E-state index contributed by atoms with van der Waals surface area (Å²) in [6.07, 6.45) is -3.70. The molecule has 4 amide bonds. The molecule has 178 valence electrons. The maximum absolute atomic E-state index is 13.7. The molecule has 0 bridgehead atoms. The minimum Gasteiger partial charge on any atom is -0.447 e. The van der Waals surface area contributed by atoms with Crippen LogP contribution in [0.2, 0.25) is 0 Å². The first-order valence-corrected chi connectivity index (χ1v) is 9.11. The van der Waals surface area contributed by atoms with Crippen LogP contribution in [0.5, 0.6) is 5.75 Å². The number of ether oxygens (including phenoxy) is 3. The van der Waals surface area contributed by atoms with Gasteiger partial charge >= 0.3 is 18.2 Å². The first kappa shape index (κ1) is 23.9. The lowest BCUT2D eigenvalue weighted by atomic mass is 10.1. The zero-order valence-electron chi connectivity index (χ0n) is 16.5. The third kappa shape index (κ3) is 4.42. The number of hydrogen-bond acceptors (Lipinski definition) is 8. The molecule has 33 heavy (non-hydrogen) atoms. The highest BCUT2D eigenvalue weighted by Crippen LogP contribution is 2.30. The maximum atomic E-state index is 13.7. The summed E-state index contributed by atoms with van der Waals surface area (Å²) in [6, 6.07) is -2.40. The quantitative estimate of drug-likeness (QED) is 0.206. The Morgan fingerprint density at radius 1 is 0.818 bits per heavy atom. The van der Waals surface area contributed by atoms with Crippen molar-refractivity contribution in [3.63, 3.8) is 0 Å². The number of imide groups is 2. The molecular formula is C18H13F5N2O8. The van der Waals surface area contributed by atoms with Crippen LogP contribution in [-0.2, 0) is 23.9 Å². The molecule has 0 unspecified atom stereocenters. The van der Waals surface area contributed by atoms with E-state index in [1.54, 1.807) is 0 Å². The zero-order valence-corrected chi connectivity index (χ0v) is 16.5. The van der Waals surface area contributed by atoms with Crippen LogP contribution in [0, 0.1) is 29.1 Å². The van der Waals surface area contributed by atoms with Gasteiger partial charge in [0.15, 0.2) is 0 Å². The molecule has 0 radical (unpaired) electrons. The zero-order chi connectivity index (χ0) is 24.6. The number of carbonyl (C=O) groups excluding carboxylic acids is 5. The third-order valence-electron chi connectivity index (χ3n) is 4.73. The Labute approximate surface area is 180 Å². The topological polar surface area (TPSA) is 120 Å². The van der Waals surface area contributed by atoms with E-state index in [1.165, 1.54) is 0 Å². The van der Waals surface area contributed by atoms with Gasteiger partial charge in [0.1, 0.15) is 13.2 Å². The van der Waals surface area contributed by atoms with E-state index in [4.69, 9.17) is 0 Å². The van der Waals surface area contributed by atoms with Gasteiger partial charge < -0.3 is 14.2 Å². The van der Waals surface area contributed by atoms with E-state index in [-0.39, 0.29) is 6.61 Å². The Morgan fingerprint density at radius 2 is 1.27 bits per heavy atom. The average molecular weight is 480 g/mol. The number of halogens is 5. The molecule has 0 spiro atoms. The van der Waals surface area contributed by atoms with E-state index in [0.29, 0.717) is 9.80 Å². The molecule has 0 N–H and O–H groups in total. The Bertz CT molecular complexity index is 1040. The number of benzene rings is 1. The predicted molar refractivity (Wildman–Crippen MR) is 90.7 cm³/mol. The number of rotatable bonds is 5. The van der Waals surface area contributed by atoms with Crippen molar-refractivity contribution in [1.29, 1.82) is 0 Å². The molecule has 10 nitrogen and oxygen atoms in total. The van der Waals surface area contributed by atoms with Gasteiger partial charge in [-0.1, -0.05) is 0 Å². The van der Waals surface area contributed by atoms with Crippen LogP contribution in [-0.4, -0.2) is 65.1 Å². The minimum atomic E-state index is -2.45. The van der Waals surface area contributed by atoms with Crippen molar-refractivity contribution in [1.82, 2.24) is 9.80 Å². The molecule has 1 aromatic rings. The summed E-state index contributed by atoms with van der Waals surface area (Å²) in [7, 11) is 0. The number of carbonyl (C=O) groups is 5. The second kappa shape index (κ2) is 8.99. The van der Waals surface area contributed by atoms with Crippen molar-refractivity contribution in [2.45, 2.75) is 31.8 Å². The summed E-state index contributed by atoms with van der Waals surface area (Å²) in [5.41, 5.74) is 0. The average Bonchev–Trinajstić information content (AvgIpc) is 3.30. The molecule has 2 aliphatic rings. The van der Waals surface area contributed by atoms with Gasteiger partial charge in [0, 0.05) is 6.92 Å². The van der Waals surface area contributed by atoms with E-state index in [1.807, 2.05) is 0 Å². The van der Waals surface area contributed by atoms with E-state index < -0.39 is 96.3 Å². The highest BCUT2D eigenvalue weighted by molar-refractivity contribution is 5.96. The molecule has 15 heteroatoms. The number of cyclic esters (lactones) is 2. The lowest BCUT2D eigenvalue weighted by Gasteiger charge is -2.22. The Kier molecular flexibility index (Phi) is 6.51. The SMILES string of the molecule is CC(=O)N1C(=O)OC[C@@H]1CC(=O)N1C(=O)OC[C@@H]1CC(=O)Oc1c(F)c(F)c(F)c(F)c1F. The smallest absolute Gasteiger partial charge is 0.416 e. The van der Waals surface area contributed by atoms with Gasteiger partial charge in [0.25, 0.3) is 0 Å². The first-order chi connectivity index (χ1) is 15.4. The summed E-state index contributed by atoms with van der Waals surface area (Å²) in [5.74, 6) is -17.0. The standard InChI is InChI=1S/C18H13F5N2O8/c1-6(26)24-7(4-31-17(24)29)2-9(27)25-8(5-32-18(25)30)3-10(28)33-16-14(22)12(20)11(19)13(21)15(16)23/h7-8H,2-5H2,1H3/t7-,8-/m0/s1. The van der Waals surface area contributed by atoms with Crippen LogP contribution in [0.25, 0.3) is 0 Å². The molecule has 0 saturated carbocycles. The summed E-state index contributed by atoms with van der Waals surface area (Å²) >= 11 is 0. The first-order valence-electron chi connectivity index (χ1n) is 9.11. The number of hydrogen-bond donors (Lipinski definition) is 0. The van der Waals surface area contributed by atoms with Gasteiger partial charge in [-0.05, 0) is 0 Å². The monoisotopic (exact) mass is 480 g/mol. The van der Waals surface area contributed by atoms with Gasteiger partial charge in [0.2, 0.25) is 46.6 Å². The van der Waals surface area contributed by atoms with Crippen molar-refractivity contribution in [2.24, 2.45) is 0 Å². The molecule has 2 saturated heterocycles. The molecule has 2 heterocycles. The van der Waals surface area contributed by atoms with Crippen LogP contribution in [0.1, 0.15) is 19.8 Å². The van der Waals surface area contributed by atoms with Gasteiger partial charge in [-0.15, -0.1) is 0 Å². The number of nitrogens with zero attached hydrogens (tertiary/aromatic N) is 2. The Balaban J connectivity index is 1.72. The van der Waals surface area contributed by atoms with Gasteiger partial charge in [-0.25, -0.2) is 32.6 Å². The highest BCUT2D eigenvalue weighted by Gasteiger charge is 2.44. The second-order valence-electron chi connectivity index (χ2n) is 6.90. The van der Waals surface area contributed by atoms with Crippen LogP contribution in [0.4, 0.5) is 31.5 Å². The van der Waals surface area contributed by atoms with Gasteiger partial charge in [-0.3, -0.25) is 14.4 Å².